The van der Waals surface area contributed by atoms with Crippen molar-refractivity contribution in [3.8, 4) is 0 Å². The fraction of sp³-hybridized carbons (Fsp3) is 0.800. The van der Waals surface area contributed by atoms with E-state index in [4.69, 9.17) is 4.52 Å². The zero-order chi connectivity index (χ0) is 10.7. The Morgan fingerprint density at radius 1 is 1.60 bits per heavy atom. The molecule has 1 aliphatic rings. The van der Waals surface area contributed by atoms with Crippen LogP contribution in [0.25, 0.3) is 0 Å². The average molecular weight is 211 g/mol. The van der Waals surface area contributed by atoms with Crippen molar-refractivity contribution in [2.24, 2.45) is 0 Å². The number of aliphatic hydroxyl groups is 1. The molecule has 1 aromatic heterocycles. The molecule has 0 radical (unpaired) electrons. The molecule has 0 aromatic carbocycles. The summed E-state index contributed by atoms with van der Waals surface area (Å²) in [6, 6.07) is 0. The maximum absolute atomic E-state index is 10.3. The zero-order valence-corrected chi connectivity index (χ0v) is 8.99. The van der Waals surface area contributed by atoms with Crippen molar-refractivity contribution in [3.05, 3.63) is 11.7 Å². The number of nitrogens with zero attached hydrogens (tertiary/aromatic N) is 2. The fourth-order valence-corrected chi connectivity index (χ4v) is 1.84. The van der Waals surface area contributed by atoms with Gasteiger partial charge in [0.1, 0.15) is 0 Å². The first-order chi connectivity index (χ1) is 7.24. The minimum Gasteiger partial charge on any atom is -0.379 e. The van der Waals surface area contributed by atoms with Gasteiger partial charge in [0.15, 0.2) is 11.4 Å². The lowest BCUT2D eigenvalue weighted by molar-refractivity contribution is -0.0167. The Bertz CT molecular complexity index is 318. The van der Waals surface area contributed by atoms with Gasteiger partial charge in [0.05, 0.1) is 0 Å². The Hall–Kier alpha value is -0.940. The quantitative estimate of drug-likeness (QED) is 0.765. The first-order valence-electron chi connectivity index (χ1n) is 5.51. The molecule has 1 unspecified atom stereocenters. The van der Waals surface area contributed by atoms with Gasteiger partial charge in [0.2, 0.25) is 0 Å². The first-order valence-corrected chi connectivity index (χ1v) is 5.51. The highest BCUT2D eigenvalue weighted by atomic mass is 16.5. The van der Waals surface area contributed by atoms with Crippen LogP contribution in [0.4, 0.5) is 0 Å². The summed E-state index contributed by atoms with van der Waals surface area (Å²) in [6.07, 6.45) is 3.40. The summed E-state index contributed by atoms with van der Waals surface area (Å²) in [7, 11) is 0. The second-order valence-corrected chi connectivity index (χ2v) is 4.08. The highest BCUT2D eigenvalue weighted by Crippen LogP contribution is 2.26. The number of hydrogen-bond donors (Lipinski definition) is 2. The lowest BCUT2D eigenvalue weighted by Gasteiger charge is -2.28. The van der Waals surface area contributed by atoms with Gasteiger partial charge in [-0.25, -0.2) is 0 Å². The monoisotopic (exact) mass is 211 g/mol. The van der Waals surface area contributed by atoms with Crippen LogP contribution in [0.1, 0.15) is 37.9 Å². The Kier molecular flexibility index (Phi) is 3.02. The number of β-amino-alcohol motifs (C(OH)–C–C–N with tert-alkyl or cyclic N) is 1. The van der Waals surface area contributed by atoms with Crippen LogP contribution in [0.15, 0.2) is 4.52 Å². The van der Waals surface area contributed by atoms with Crippen molar-refractivity contribution in [1.29, 1.82) is 0 Å². The molecular weight excluding hydrogens is 194 g/mol. The maximum Gasteiger partial charge on any atom is 0.259 e. The molecule has 2 rings (SSSR count). The van der Waals surface area contributed by atoms with Gasteiger partial charge in [-0.05, 0) is 25.8 Å². The standard InChI is InChI=1S/C10H17N3O2/c1-2-4-8-12-9(15-13-8)10(14)5-3-6-11-7-10/h11,14H,2-7H2,1H3. The van der Waals surface area contributed by atoms with Crippen molar-refractivity contribution in [3.63, 3.8) is 0 Å². The molecule has 0 saturated carbocycles. The molecule has 1 saturated heterocycles. The molecular formula is C10H17N3O2. The molecule has 1 aliphatic heterocycles. The van der Waals surface area contributed by atoms with Gasteiger partial charge >= 0.3 is 0 Å². The average Bonchev–Trinajstić information content (AvgIpc) is 2.69. The topological polar surface area (TPSA) is 71.2 Å². The molecule has 5 heteroatoms. The van der Waals surface area contributed by atoms with Gasteiger partial charge in [-0.3, -0.25) is 0 Å². The second-order valence-electron chi connectivity index (χ2n) is 4.08. The van der Waals surface area contributed by atoms with E-state index >= 15 is 0 Å². The Morgan fingerprint density at radius 2 is 2.47 bits per heavy atom. The summed E-state index contributed by atoms with van der Waals surface area (Å²) in [4.78, 5) is 4.23. The molecule has 5 nitrogen and oxygen atoms in total. The van der Waals surface area contributed by atoms with Crippen LogP contribution in [0, 0.1) is 0 Å². The third-order valence-corrected chi connectivity index (χ3v) is 2.70. The van der Waals surface area contributed by atoms with E-state index in [0.29, 0.717) is 24.7 Å². The third-order valence-electron chi connectivity index (χ3n) is 2.70. The van der Waals surface area contributed by atoms with E-state index < -0.39 is 5.60 Å². The molecule has 15 heavy (non-hydrogen) atoms. The smallest absolute Gasteiger partial charge is 0.259 e. The van der Waals surface area contributed by atoms with Crippen LogP contribution in [0.5, 0.6) is 0 Å². The summed E-state index contributed by atoms with van der Waals surface area (Å²) in [5, 5.41) is 17.3. The Morgan fingerprint density at radius 3 is 3.13 bits per heavy atom. The third kappa shape index (κ3) is 2.18. The second kappa shape index (κ2) is 4.28. The number of piperidine rings is 1. The van der Waals surface area contributed by atoms with Crippen LogP contribution in [-0.4, -0.2) is 28.3 Å². The molecule has 2 heterocycles. The van der Waals surface area contributed by atoms with Crippen molar-refractivity contribution in [1.82, 2.24) is 15.5 Å². The Labute approximate surface area is 88.9 Å². The van der Waals surface area contributed by atoms with E-state index in [9.17, 15) is 5.11 Å². The van der Waals surface area contributed by atoms with E-state index in [1.807, 2.05) is 0 Å². The van der Waals surface area contributed by atoms with E-state index in [-0.39, 0.29) is 0 Å². The predicted octanol–water partition coefficient (Wildman–Crippen LogP) is 0.593. The lowest BCUT2D eigenvalue weighted by atomic mass is 9.94. The van der Waals surface area contributed by atoms with Crippen molar-refractivity contribution < 1.29 is 9.63 Å². The van der Waals surface area contributed by atoms with Crippen molar-refractivity contribution in [2.45, 2.75) is 38.2 Å². The minimum absolute atomic E-state index is 0.359. The molecule has 1 fully saturated rings. The number of aromatic nitrogens is 2. The van der Waals surface area contributed by atoms with Gasteiger partial charge in [0.25, 0.3) is 5.89 Å². The maximum atomic E-state index is 10.3. The van der Waals surface area contributed by atoms with Gasteiger partial charge in [-0.2, -0.15) is 4.98 Å². The van der Waals surface area contributed by atoms with E-state index in [1.165, 1.54) is 0 Å². The fourth-order valence-electron chi connectivity index (χ4n) is 1.84. The predicted molar refractivity (Wildman–Crippen MR) is 54.3 cm³/mol. The summed E-state index contributed by atoms with van der Waals surface area (Å²) in [5.74, 6) is 1.05. The van der Waals surface area contributed by atoms with Gasteiger partial charge in [0, 0.05) is 13.0 Å². The molecule has 0 amide bonds. The largest absolute Gasteiger partial charge is 0.379 e. The highest BCUT2D eigenvalue weighted by molar-refractivity contribution is 5.02. The molecule has 84 valence electrons. The number of rotatable bonds is 3. The molecule has 0 bridgehead atoms. The van der Waals surface area contributed by atoms with E-state index in [2.05, 4.69) is 22.4 Å². The van der Waals surface area contributed by atoms with Crippen LogP contribution >= 0.6 is 0 Å². The number of nitrogens with one attached hydrogen (secondary N) is 1. The molecule has 1 atom stereocenters. The van der Waals surface area contributed by atoms with Crippen molar-refractivity contribution >= 4 is 0 Å². The van der Waals surface area contributed by atoms with Crippen molar-refractivity contribution in [2.75, 3.05) is 13.1 Å². The van der Waals surface area contributed by atoms with Crippen LogP contribution in [-0.2, 0) is 12.0 Å². The molecule has 1 aromatic rings. The van der Waals surface area contributed by atoms with E-state index in [1.54, 1.807) is 0 Å². The number of hydrogen-bond acceptors (Lipinski definition) is 5. The van der Waals surface area contributed by atoms with Gasteiger partial charge < -0.3 is 14.9 Å². The molecule has 0 spiro atoms. The zero-order valence-electron chi connectivity index (χ0n) is 8.99. The summed E-state index contributed by atoms with van der Waals surface area (Å²) >= 11 is 0. The molecule has 0 aliphatic carbocycles. The summed E-state index contributed by atoms with van der Waals surface area (Å²) in [6.45, 7) is 3.51. The Balaban J connectivity index is 2.12. The normalized spacial score (nSPS) is 26.8. The van der Waals surface area contributed by atoms with Crippen LogP contribution in [0.2, 0.25) is 0 Å². The number of aryl methyl sites for hydroxylation is 1. The first kappa shape index (κ1) is 10.6. The van der Waals surface area contributed by atoms with Gasteiger partial charge in [-0.15, -0.1) is 0 Å². The SMILES string of the molecule is CCCc1noc(C2(O)CCCNC2)n1. The minimum atomic E-state index is -0.961. The highest BCUT2D eigenvalue weighted by Gasteiger charge is 2.36. The van der Waals surface area contributed by atoms with Crippen LogP contribution < -0.4 is 5.32 Å². The van der Waals surface area contributed by atoms with Crippen LogP contribution in [0.3, 0.4) is 0 Å². The summed E-state index contributed by atoms with van der Waals surface area (Å²) in [5.41, 5.74) is -0.961. The molecule has 2 N–H and O–H groups in total. The summed E-state index contributed by atoms with van der Waals surface area (Å²) < 4.78 is 5.11. The van der Waals surface area contributed by atoms with E-state index in [0.717, 1.165) is 25.8 Å². The lowest BCUT2D eigenvalue weighted by Crippen LogP contribution is -2.43. The van der Waals surface area contributed by atoms with Gasteiger partial charge in [-0.1, -0.05) is 12.1 Å².